The number of nitrogens with zero attached hydrogens (tertiary/aromatic N) is 1. The molecule has 1 aliphatic heterocycles. The lowest BCUT2D eigenvalue weighted by atomic mass is 9.66. The van der Waals surface area contributed by atoms with Crippen molar-refractivity contribution in [2.45, 2.75) is 34.5 Å². The van der Waals surface area contributed by atoms with E-state index in [1.165, 1.54) is 87.3 Å². The van der Waals surface area contributed by atoms with Crippen molar-refractivity contribution in [2.75, 3.05) is 4.90 Å². The summed E-state index contributed by atoms with van der Waals surface area (Å²) in [6.45, 7) is 4.71. The van der Waals surface area contributed by atoms with E-state index >= 15 is 0 Å². The van der Waals surface area contributed by atoms with Crippen LogP contribution in [0.2, 0.25) is 0 Å². The molecule has 1 unspecified atom stereocenters. The molecule has 0 saturated heterocycles. The smallest absolute Gasteiger partial charge is 0.0741 e. The zero-order chi connectivity index (χ0) is 38.6. The van der Waals surface area contributed by atoms with Crippen molar-refractivity contribution in [3.8, 4) is 33.4 Å². The number of benzene rings is 9. The molecule has 1 nitrogen and oxygen atoms in total. The minimum Gasteiger partial charge on any atom is -0.310 e. The van der Waals surface area contributed by atoms with Crippen LogP contribution in [-0.2, 0) is 10.8 Å². The second kappa shape index (κ2) is 12.4. The summed E-state index contributed by atoms with van der Waals surface area (Å²) in [7, 11) is 0. The average molecular weight is 758 g/mol. The molecule has 9 aromatic rings. The molecular formula is C56H39NS. The van der Waals surface area contributed by atoms with Gasteiger partial charge in [0.15, 0.2) is 0 Å². The van der Waals surface area contributed by atoms with Crippen LogP contribution in [0.15, 0.2) is 210 Å². The lowest BCUT2D eigenvalue weighted by Crippen LogP contribution is -2.32. The zero-order valence-electron chi connectivity index (χ0n) is 32.4. The van der Waals surface area contributed by atoms with E-state index < -0.39 is 5.41 Å². The summed E-state index contributed by atoms with van der Waals surface area (Å²) in [5, 5.41) is 2.60. The van der Waals surface area contributed by atoms with Crippen LogP contribution >= 0.6 is 11.8 Å². The molecule has 274 valence electrons. The Kier molecular flexibility index (Phi) is 7.19. The second-order valence-corrected chi connectivity index (χ2v) is 17.5. The van der Waals surface area contributed by atoms with E-state index in [-0.39, 0.29) is 5.41 Å². The van der Waals surface area contributed by atoms with Gasteiger partial charge in [0.05, 0.1) is 5.41 Å². The Balaban J connectivity index is 0.992. The number of fused-ring (bicyclic) bond motifs is 14. The Morgan fingerprint density at radius 1 is 0.379 bits per heavy atom. The minimum atomic E-state index is -0.422. The quantitative estimate of drug-likeness (QED) is 0.176. The molecule has 2 heteroatoms. The third-order valence-corrected chi connectivity index (χ3v) is 14.3. The molecule has 1 atom stereocenters. The average Bonchev–Trinajstić information content (AvgIpc) is 3.69. The Labute approximate surface area is 344 Å². The molecule has 0 N–H and O–H groups in total. The molecule has 58 heavy (non-hydrogen) atoms. The van der Waals surface area contributed by atoms with Crippen LogP contribution in [-0.4, -0.2) is 0 Å². The summed E-state index contributed by atoms with van der Waals surface area (Å²) in [6, 6.07) is 74.8. The van der Waals surface area contributed by atoms with Crippen LogP contribution in [0.5, 0.6) is 0 Å². The van der Waals surface area contributed by atoms with Crippen molar-refractivity contribution in [1.29, 1.82) is 0 Å². The summed E-state index contributed by atoms with van der Waals surface area (Å²) < 4.78 is 0. The predicted octanol–water partition coefficient (Wildman–Crippen LogP) is 15.1. The van der Waals surface area contributed by atoms with Crippen molar-refractivity contribution in [3.63, 3.8) is 0 Å². The predicted molar refractivity (Wildman–Crippen MR) is 243 cm³/mol. The summed E-state index contributed by atoms with van der Waals surface area (Å²) in [6.07, 6.45) is 0. The number of para-hydroxylation sites is 1. The van der Waals surface area contributed by atoms with E-state index in [1.54, 1.807) is 0 Å². The topological polar surface area (TPSA) is 3.24 Å². The highest BCUT2D eigenvalue weighted by atomic mass is 32.2. The second-order valence-electron chi connectivity index (χ2n) is 16.4. The number of rotatable bonds is 4. The van der Waals surface area contributed by atoms with Crippen LogP contribution in [0.1, 0.15) is 47.2 Å². The molecule has 2 aliphatic carbocycles. The summed E-state index contributed by atoms with van der Waals surface area (Å²) in [4.78, 5) is 5.05. The van der Waals surface area contributed by atoms with E-state index in [2.05, 4.69) is 219 Å². The Bertz CT molecular complexity index is 3120. The highest BCUT2D eigenvalue weighted by Gasteiger charge is 2.51. The van der Waals surface area contributed by atoms with Gasteiger partial charge in [0.2, 0.25) is 0 Å². The number of anilines is 3. The highest BCUT2D eigenvalue weighted by molar-refractivity contribution is 7.99. The molecule has 3 aliphatic rings. The van der Waals surface area contributed by atoms with E-state index in [0.29, 0.717) is 0 Å². The van der Waals surface area contributed by atoms with Crippen LogP contribution in [0, 0.1) is 0 Å². The Morgan fingerprint density at radius 2 is 0.983 bits per heavy atom. The van der Waals surface area contributed by atoms with Gasteiger partial charge in [-0.05, 0) is 132 Å². The largest absolute Gasteiger partial charge is 0.310 e. The van der Waals surface area contributed by atoms with Gasteiger partial charge in [-0.3, -0.25) is 0 Å². The SMILES string of the molecule is CC1(C)c2ccccc2-c2ccc(N(c3ccccc3)c3ccc(-c4ccc5c(c4)-c4ccccc4C54c5ccccc5Sc5ccc6ccccc6c54)cc3)cc21. The van der Waals surface area contributed by atoms with Crippen LogP contribution in [0.25, 0.3) is 44.2 Å². The van der Waals surface area contributed by atoms with Crippen molar-refractivity contribution in [2.24, 2.45) is 0 Å². The fraction of sp³-hybridized carbons (Fsp3) is 0.0714. The molecule has 0 radical (unpaired) electrons. The first-order valence-corrected chi connectivity index (χ1v) is 21.1. The van der Waals surface area contributed by atoms with Gasteiger partial charge in [-0.2, -0.15) is 0 Å². The molecule has 1 heterocycles. The maximum Gasteiger partial charge on any atom is 0.0741 e. The van der Waals surface area contributed by atoms with Crippen molar-refractivity contribution in [3.05, 3.63) is 234 Å². The third-order valence-electron chi connectivity index (χ3n) is 13.1. The van der Waals surface area contributed by atoms with E-state index in [0.717, 1.165) is 17.1 Å². The molecule has 0 bridgehead atoms. The molecular weight excluding hydrogens is 719 g/mol. The third kappa shape index (κ3) is 4.61. The van der Waals surface area contributed by atoms with Gasteiger partial charge in [0.25, 0.3) is 0 Å². The summed E-state index contributed by atoms with van der Waals surface area (Å²) in [5.74, 6) is 0. The van der Waals surface area contributed by atoms with Crippen molar-refractivity contribution >= 4 is 39.6 Å². The number of hydrogen-bond donors (Lipinski definition) is 0. The summed E-state index contributed by atoms with van der Waals surface area (Å²) >= 11 is 1.91. The van der Waals surface area contributed by atoms with Gasteiger partial charge in [0.1, 0.15) is 0 Å². The molecule has 0 aromatic heterocycles. The van der Waals surface area contributed by atoms with Crippen molar-refractivity contribution in [1.82, 2.24) is 0 Å². The fourth-order valence-electron chi connectivity index (χ4n) is 10.5. The molecule has 1 spiro atoms. The van der Waals surface area contributed by atoms with Gasteiger partial charge in [-0.15, -0.1) is 0 Å². The van der Waals surface area contributed by atoms with E-state index in [9.17, 15) is 0 Å². The first-order chi connectivity index (χ1) is 28.5. The standard InChI is InChI=1S/C56H39NS/c1-55(2)47-20-10-8-18-43(47)45-31-30-41(35-51(45)55)57(39-15-4-3-5-16-39)40-28-24-36(25-29-40)38-26-32-49-46(34-38)44-19-9-11-21-48(44)56(49)50-22-12-13-23-52(50)58-53-33-27-37-14-6-7-17-42(37)54(53)56/h3-35H,1-2H3. The molecule has 0 amide bonds. The maximum atomic E-state index is 2.45. The summed E-state index contributed by atoms with van der Waals surface area (Å²) in [5.41, 5.74) is 18.9. The normalized spacial score (nSPS) is 16.2. The Hall–Kier alpha value is -6.61. The van der Waals surface area contributed by atoms with Gasteiger partial charge in [0, 0.05) is 32.3 Å². The molecule has 9 aromatic carbocycles. The molecule has 0 saturated carbocycles. The van der Waals surface area contributed by atoms with Gasteiger partial charge < -0.3 is 4.90 Å². The number of hydrogen-bond acceptors (Lipinski definition) is 2. The molecule has 12 rings (SSSR count). The first-order valence-electron chi connectivity index (χ1n) is 20.3. The minimum absolute atomic E-state index is 0.0767. The van der Waals surface area contributed by atoms with Gasteiger partial charge >= 0.3 is 0 Å². The maximum absolute atomic E-state index is 2.45. The lowest BCUT2D eigenvalue weighted by molar-refractivity contribution is 0.660. The van der Waals surface area contributed by atoms with E-state index in [1.807, 2.05) is 11.8 Å². The van der Waals surface area contributed by atoms with Crippen LogP contribution < -0.4 is 4.90 Å². The zero-order valence-corrected chi connectivity index (χ0v) is 33.2. The van der Waals surface area contributed by atoms with E-state index in [4.69, 9.17) is 0 Å². The van der Waals surface area contributed by atoms with Crippen molar-refractivity contribution < 1.29 is 0 Å². The highest BCUT2D eigenvalue weighted by Crippen LogP contribution is 2.63. The Morgan fingerprint density at radius 3 is 1.81 bits per heavy atom. The van der Waals surface area contributed by atoms with Gasteiger partial charge in [-0.25, -0.2) is 0 Å². The van der Waals surface area contributed by atoms with Crippen LogP contribution in [0.4, 0.5) is 17.1 Å². The lowest BCUT2D eigenvalue weighted by Gasteiger charge is -2.40. The fourth-order valence-corrected chi connectivity index (χ4v) is 11.7. The van der Waals surface area contributed by atoms with Crippen LogP contribution in [0.3, 0.4) is 0 Å². The van der Waals surface area contributed by atoms with Gasteiger partial charge in [-0.1, -0.05) is 171 Å². The monoisotopic (exact) mass is 757 g/mol. The first kappa shape index (κ1) is 33.5. The molecule has 0 fully saturated rings.